The Morgan fingerprint density at radius 3 is 2.60 bits per heavy atom. The highest BCUT2D eigenvalue weighted by Gasteiger charge is 2.50. The first-order chi connectivity index (χ1) is 11.6. The predicted octanol–water partition coefficient (Wildman–Crippen LogP) is 3.90. The molecule has 1 aliphatic heterocycles. The van der Waals surface area contributed by atoms with Gasteiger partial charge in [0.15, 0.2) is 8.32 Å². The lowest BCUT2D eigenvalue weighted by Gasteiger charge is -2.38. The van der Waals surface area contributed by atoms with Gasteiger partial charge in [0.1, 0.15) is 11.9 Å². The molecule has 1 unspecified atom stereocenters. The van der Waals surface area contributed by atoms with Gasteiger partial charge in [-0.2, -0.15) is 0 Å². The van der Waals surface area contributed by atoms with E-state index in [1.807, 2.05) is 0 Å². The molecule has 1 saturated carbocycles. The SMILES string of the molecule is CCOC(=O)/C=C1\C[C@H]2[C@H](CC(OC)[C@@H]2CO[Si](C)(C)C(C)(C)C)O1. The van der Waals surface area contributed by atoms with E-state index >= 15 is 0 Å². The summed E-state index contributed by atoms with van der Waals surface area (Å²) in [7, 11) is -0.0335. The normalized spacial score (nSPS) is 31.1. The molecule has 1 heterocycles. The van der Waals surface area contributed by atoms with Crippen LogP contribution in [-0.2, 0) is 23.4 Å². The van der Waals surface area contributed by atoms with Gasteiger partial charge in [-0.1, -0.05) is 20.8 Å². The molecule has 25 heavy (non-hydrogen) atoms. The number of esters is 1. The molecule has 0 N–H and O–H groups in total. The highest BCUT2D eigenvalue weighted by molar-refractivity contribution is 6.74. The minimum absolute atomic E-state index is 0.110. The van der Waals surface area contributed by atoms with Crippen molar-refractivity contribution in [2.24, 2.45) is 11.8 Å². The predicted molar refractivity (Wildman–Crippen MR) is 99.7 cm³/mol. The molecule has 1 aliphatic carbocycles. The topological polar surface area (TPSA) is 54.0 Å². The molecule has 5 nitrogen and oxygen atoms in total. The van der Waals surface area contributed by atoms with Crippen LogP contribution < -0.4 is 0 Å². The Labute approximate surface area is 153 Å². The maximum absolute atomic E-state index is 11.7. The Kier molecular flexibility index (Phi) is 6.38. The summed E-state index contributed by atoms with van der Waals surface area (Å²) < 4.78 is 23.2. The standard InChI is InChI=1S/C19H34O5Si/c1-8-22-18(20)10-13-9-14-15(16(21-5)11-17(14)24-13)12-23-25(6,7)19(2,3)4/h10,14-17H,8-9,11-12H2,1-7H3/b13-10+/t14-,15-,16?,17+/m1/s1. The molecule has 4 atom stereocenters. The number of fused-ring (bicyclic) bond motifs is 1. The lowest BCUT2D eigenvalue weighted by atomic mass is 9.92. The molecule has 0 aromatic carbocycles. The largest absolute Gasteiger partial charge is 0.494 e. The van der Waals surface area contributed by atoms with Crippen LogP contribution in [0.1, 0.15) is 40.5 Å². The van der Waals surface area contributed by atoms with Gasteiger partial charge >= 0.3 is 5.97 Å². The number of allylic oxidation sites excluding steroid dienone is 1. The molecule has 2 rings (SSSR count). The molecule has 0 amide bonds. The summed E-state index contributed by atoms with van der Waals surface area (Å²) in [6.07, 6.45) is 3.37. The number of methoxy groups -OCH3 is 1. The van der Waals surface area contributed by atoms with E-state index in [0.717, 1.165) is 18.6 Å². The van der Waals surface area contributed by atoms with Crippen molar-refractivity contribution < 1.29 is 23.4 Å². The molecular formula is C19H34O5Si. The van der Waals surface area contributed by atoms with Crippen molar-refractivity contribution in [1.82, 2.24) is 0 Å². The van der Waals surface area contributed by atoms with Crippen LogP contribution in [0.15, 0.2) is 11.8 Å². The summed E-state index contributed by atoms with van der Waals surface area (Å²) >= 11 is 0. The van der Waals surface area contributed by atoms with E-state index < -0.39 is 8.32 Å². The number of hydrogen-bond donors (Lipinski definition) is 0. The fourth-order valence-electron chi connectivity index (χ4n) is 3.45. The van der Waals surface area contributed by atoms with Crippen LogP contribution in [0.25, 0.3) is 0 Å². The average molecular weight is 371 g/mol. The van der Waals surface area contributed by atoms with Gasteiger partial charge in [-0.3, -0.25) is 0 Å². The average Bonchev–Trinajstić information content (AvgIpc) is 3.00. The quantitative estimate of drug-likeness (QED) is 0.403. The lowest BCUT2D eigenvalue weighted by molar-refractivity contribution is -0.137. The van der Waals surface area contributed by atoms with Crippen molar-refractivity contribution in [3.63, 3.8) is 0 Å². The Bertz CT molecular complexity index is 508. The van der Waals surface area contributed by atoms with Gasteiger partial charge < -0.3 is 18.6 Å². The smallest absolute Gasteiger partial charge is 0.334 e. The fraction of sp³-hybridized carbons (Fsp3) is 0.842. The molecule has 2 aliphatic rings. The summed E-state index contributed by atoms with van der Waals surface area (Å²) in [5, 5.41) is 0.189. The maximum atomic E-state index is 11.7. The van der Waals surface area contributed by atoms with Gasteiger partial charge in [0.2, 0.25) is 0 Å². The summed E-state index contributed by atoms with van der Waals surface area (Å²) in [5.41, 5.74) is 0. The molecule has 0 spiro atoms. The van der Waals surface area contributed by atoms with Gasteiger partial charge in [0.25, 0.3) is 0 Å². The number of hydrogen-bond acceptors (Lipinski definition) is 5. The van der Waals surface area contributed by atoms with Crippen molar-refractivity contribution in [1.29, 1.82) is 0 Å². The first kappa shape index (κ1) is 20.5. The van der Waals surface area contributed by atoms with Crippen molar-refractivity contribution in [2.75, 3.05) is 20.3 Å². The Morgan fingerprint density at radius 1 is 1.36 bits per heavy atom. The van der Waals surface area contributed by atoms with Crippen molar-refractivity contribution >= 4 is 14.3 Å². The molecule has 1 saturated heterocycles. The second-order valence-electron chi connectivity index (χ2n) is 8.63. The van der Waals surface area contributed by atoms with E-state index in [0.29, 0.717) is 25.0 Å². The van der Waals surface area contributed by atoms with E-state index in [1.165, 1.54) is 6.08 Å². The zero-order valence-electron chi connectivity index (χ0n) is 16.8. The minimum Gasteiger partial charge on any atom is -0.494 e. The van der Waals surface area contributed by atoms with Crippen LogP contribution in [0, 0.1) is 11.8 Å². The summed E-state index contributed by atoms with van der Waals surface area (Å²) in [4.78, 5) is 11.7. The molecule has 0 radical (unpaired) electrons. The summed E-state index contributed by atoms with van der Waals surface area (Å²) in [6, 6.07) is 0. The zero-order chi connectivity index (χ0) is 18.8. The van der Waals surface area contributed by atoms with Gasteiger partial charge in [-0.25, -0.2) is 4.79 Å². The third-order valence-electron chi connectivity index (χ3n) is 6.02. The Balaban J connectivity index is 2.03. The van der Waals surface area contributed by atoms with Crippen molar-refractivity contribution in [3.8, 4) is 0 Å². The summed E-state index contributed by atoms with van der Waals surface area (Å²) in [6.45, 7) is 14.2. The minimum atomic E-state index is -1.80. The van der Waals surface area contributed by atoms with E-state index in [4.69, 9.17) is 18.6 Å². The highest BCUT2D eigenvalue weighted by atomic mass is 28.4. The number of ether oxygens (including phenoxy) is 3. The molecule has 144 valence electrons. The molecule has 2 fully saturated rings. The number of carbonyl (C=O) groups excluding carboxylic acids is 1. The highest BCUT2D eigenvalue weighted by Crippen LogP contribution is 2.47. The third kappa shape index (κ3) is 4.66. The van der Waals surface area contributed by atoms with Gasteiger partial charge in [-0.05, 0) is 25.1 Å². The first-order valence-electron chi connectivity index (χ1n) is 9.29. The van der Waals surface area contributed by atoms with Crippen LogP contribution in [0.5, 0.6) is 0 Å². The lowest BCUT2D eigenvalue weighted by Crippen LogP contribution is -2.43. The molecule has 0 aromatic rings. The number of rotatable bonds is 6. The molecular weight excluding hydrogens is 336 g/mol. The van der Waals surface area contributed by atoms with Crippen LogP contribution >= 0.6 is 0 Å². The van der Waals surface area contributed by atoms with Gasteiger partial charge in [-0.15, -0.1) is 0 Å². The zero-order valence-corrected chi connectivity index (χ0v) is 17.8. The van der Waals surface area contributed by atoms with Crippen LogP contribution in [0.4, 0.5) is 0 Å². The monoisotopic (exact) mass is 370 g/mol. The fourth-order valence-corrected chi connectivity index (χ4v) is 4.50. The van der Waals surface area contributed by atoms with Gasteiger partial charge in [0.05, 0.1) is 18.8 Å². The molecule has 6 heteroatoms. The van der Waals surface area contributed by atoms with Crippen molar-refractivity contribution in [2.45, 2.75) is 70.9 Å². The molecule has 0 bridgehead atoms. The second kappa shape index (κ2) is 7.80. The Hall–Kier alpha value is -0.853. The van der Waals surface area contributed by atoms with E-state index in [2.05, 4.69) is 33.9 Å². The molecule has 0 aromatic heterocycles. The maximum Gasteiger partial charge on any atom is 0.334 e. The van der Waals surface area contributed by atoms with Crippen LogP contribution in [0.2, 0.25) is 18.1 Å². The van der Waals surface area contributed by atoms with Gasteiger partial charge in [0, 0.05) is 38.4 Å². The summed E-state index contributed by atoms with van der Waals surface area (Å²) in [5.74, 6) is 1.06. The van der Waals surface area contributed by atoms with E-state index in [1.54, 1.807) is 14.0 Å². The second-order valence-corrected chi connectivity index (χ2v) is 13.4. The van der Waals surface area contributed by atoms with E-state index in [-0.39, 0.29) is 23.2 Å². The number of carbonyl (C=O) groups is 1. The van der Waals surface area contributed by atoms with Crippen LogP contribution in [-0.4, -0.2) is 46.8 Å². The van der Waals surface area contributed by atoms with Crippen LogP contribution in [0.3, 0.4) is 0 Å². The van der Waals surface area contributed by atoms with E-state index in [9.17, 15) is 4.79 Å². The third-order valence-corrected chi connectivity index (χ3v) is 10.5. The first-order valence-corrected chi connectivity index (χ1v) is 12.2. The van der Waals surface area contributed by atoms with Crippen molar-refractivity contribution in [3.05, 3.63) is 11.8 Å². The Morgan fingerprint density at radius 2 is 2.04 bits per heavy atom.